The Balaban J connectivity index is 1.88. The van der Waals surface area contributed by atoms with Gasteiger partial charge in [-0.2, -0.15) is 0 Å². The molecule has 0 aliphatic carbocycles. The van der Waals surface area contributed by atoms with Gasteiger partial charge < -0.3 is 9.84 Å². The second kappa shape index (κ2) is 3.04. The van der Waals surface area contributed by atoms with E-state index < -0.39 is 0 Å². The highest BCUT2D eigenvalue weighted by molar-refractivity contribution is 5.21. The lowest BCUT2D eigenvalue weighted by atomic mass is 9.83. The van der Waals surface area contributed by atoms with Gasteiger partial charge in [-0.1, -0.05) is 0 Å². The van der Waals surface area contributed by atoms with E-state index in [1.54, 1.807) is 12.4 Å². The van der Waals surface area contributed by atoms with Crippen LogP contribution in [0.5, 0.6) is 0 Å². The molecule has 0 amide bonds. The van der Waals surface area contributed by atoms with E-state index in [1.807, 2.05) is 12.1 Å². The molecule has 1 N–H and O–H groups in total. The van der Waals surface area contributed by atoms with Gasteiger partial charge in [-0.25, -0.2) is 0 Å². The first-order valence-electron chi connectivity index (χ1n) is 5.08. The van der Waals surface area contributed by atoms with Crippen LogP contribution in [-0.4, -0.2) is 28.4 Å². The van der Waals surface area contributed by atoms with Gasteiger partial charge in [0.05, 0.1) is 18.3 Å². The maximum Gasteiger partial charge on any atom is 0.0907 e. The van der Waals surface area contributed by atoms with Crippen molar-refractivity contribution in [1.82, 2.24) is 4.98 Å². The van der Waals surface area contributed by atoms with Crippen molar-refractivity contribution in [3.63, 3.8) is 0 Å². The molecule has 2 aliphatic rings. The number of nitrogens with zero attached hydrogens (tertiary/aromatic N) is 1. The fourth-order valence-electron chi connectivity index (χ4n) is 2.64. The first-order chi connectivity index (χ1) is 6.84. The molecule has 1 aromatic heterocycles. The molecular weight excluding hydrogens is 178 g/mol. The number of fused-ring (bicyclic) bond motifs is 2. The van der Waals surface area contributed by atoms with E-state index in [9.17, 15) is 5.11 Å². The molecule has 2 saturated heterocycles. The zero-order valence-electron chi connectivity index (χ0n) is 7.84. The molecular formula is C11H13NO2. The quantitative estimate of drug-likeness (QED) is 0.722. The highest BCUT2D eigenvalue weighted by atomic mass is 16.5. The van der Waals surface area contributed by atoms with Crippen LogP contribution in [0.4, 0.5) is 0 Å². The predicted octanol–water partition coefficient (Wildman–Crippen LogP) is 1.09. The first kappa shape index (κ1) is 8.38. The van der Waals surface area contributed by atoms with Crippen molar-refractivity contribution in [2.45, 2.75) is 37.1 Å². The molecule has 3 heterocycles. The minimum atomic E-state index is -0.271. The van der Waals surface area contributed by atoms with Gasteiger partial charge in [-0.15, -0.1) is 0 Å². The molecule has 2 bridgehead atoms. The average Bonchev–Trinajstić information content (AvgIpc) is 2.77. The molecule has 0 radical (unpaired) electrons. The molecule has 3 rings (SSSR count). The van der Waals surface area contributed by atoms with Crippen LogP contribution in [0.25, 0.3) is 0 Å². The number of pyridine rings is 1. The van der Waals surface area contributed by atoms with Gasteiger partial charge in [0, 0.05) is 24.7 Å². The standard InChI is InChI=1S/C11H13NO2/c13-10-6-8-5-9(11(10)14-8)7-1-3-12-4-2-7/h1-4,8-11,13H,5-6H2. The number of aromatic nitrogens is 1. The minimum absolute atomic E-state index is 0.0161. The summed E-state index contributed by atoms with van der Waals surface area (Å²) in [5, 5.41) is 9.71. The Hall–Kier alpha value is -0.930. The normalized spacial score (nSPS) is 40.4. The van der Waals surface area contributed by atoms with Crippen LogP contribution in [0.2, 0.25) is 0 Å². The first-order valence-corrected chi connectivity index (χ1v) is 5.08. The third-order valence-electron chi connectivity index (χ3n) is 3.28. The second-order valence-corrected chi connectivity index (χ2v) is 4.15. The molecule has 0 aromatic carbocycles. The molecule has 1 aromatic rings. The highest BCUT2D eigenvalue weighted by Gasteiger charge is 2.47. The molecule has 4 atom stereocenters. The average molecular weight is 191 g/mol. The topological polar surface area (TPSA) is 42.4 Å². The van der Waals surface area contributed by atoms with Crippen LogP contribution in [0.15, 0.2) is 24.5 Å². The summed E-state index contributed by atoms with van der Waals surface area (Å²) in [5.74, 6) is 0.367. The lowest BCUT2D eigenvalue weighted by Crippen LogP contribution is -2.28. The van der Waals surface area contributed by atoms with Gasteiger partial charge in [-0.05, 0) is 24.1 Å². The van der Waals surface area contributed by atoms with E-state index >= 15 is 0 Å². The molecule has 3 nitrogen and oxygen atoms in total. The van der Waals surface area contributed by atoms with E-state index in [0.717, 1.165) is 12.8 Å². The van der Waals surface area contributed by atoms with Crippen LogP contribution >= 0.6 is 0 Å². The molecule has 74 valence electrons. The third-order valence-corrected chi connectivity index (χ3v) is 3.28. The summed E-state index contributed by atoms with van der Waals surface area (Å²) < 4.78 is 5.68. The Kier molecular flexibility index (Phi) is 1.82. The van der Waals surface area contributed by atoms with Gasteiger partial charge in [0.1, 0.15) is 0 Å². The SMILES string of the molecule is OC1CC2CC(c3ccncc3)C1O2. The number of aliphatic hydroxyl groups is 1. The Labute approximate surface area is 82.7 Å². The number of aliphatic hydroxyl groups excluding tert-OH is 1. The summed E-state index contributed by atoms with van der Waals surface area (Å²) in [6.45, 7) is 0. The highest BCUT2D eigenvalue weighted by Crippen LogP contribution is 2.44. The van der Waals surface area contributed by atoms with E-state index in [-0.39, 0.29) is 18.3 Å². The Bertz CT molecular complexity index is 327. The summed E-state index contributed by atoms with van der Waals surface area (Å²) in [4.78, 5) is 3.99. The molecule has 2 aliphatic heterocycles. The van der Waals surface area contributed by atoms with Crippen molar-refractivity contribution in [2.24, 2.45) is 0 Å². The van der Waals surface area contributed by atoms with E-state index in [1.165, 1.54) is 5.56 Å². The molecule has 14 heavy (non-hydrogen) atoms. The Morgan fingerprint density at radius 2 is 2.07 bits per heavy atom. The molecule has 4 unspecified atom stereocenters. The van der Waals surface area contributed by atoms with Crippen molar-refractivity contribution < 1.29 is 9.84 Å². The van der Waals surface area contributed by atoms with Crippen molar-refractivity contribution in [1.29, 1.82) is 0 Å². The summed E-state index contributed by atoms with van der Waals surface area (Å²) in [7, 11) is 0. The van der Waals surface area contributed by atoms with Crippen molar-refractivity contribution >= 4 is 0 Å². The zero-order valence-corrected chi connectivity index (χ0v) is 7.84. The Morgan fingerprint density at radius 1 is 1.29 bits per heavy atom. The van der Waals surface area contributed by atoms with Crippen molar-refractivity contribution in [2.75, 3.05) is 0 Å². The molecule has 2 fully saturated rings. The minimum Gasteiger partial charge on any atom is -0.390 e. The van der Waals surface area contributed by atoms with Crippen LogP contribution < -0.4 is 0 Å². The van der Waals surface area contributed by atoms with E-state index in [4.69, 9.17) is 4.74 Å². The fourth-order valence-corrected chi connectivity index (χ4v) is 2.64. The lowest BCUT2D eigenvalue weighted by Gasteiger charge is -2.22. The monoisotopic (exact) mass is 191 g/mol. The number of ether oxygens (including phenoxy) is 1. The van der Waals surface area contributed by atoms with Crippen LogP contribution in [0.3, 0.4) is 0 Å². The van der Waals surface area contributed by atoms with Gasteiger partial charge in [0.15, 0.2) is 0 Å². The maximum atomic E-state index is 9.71. The maximum absolute atomic E-state index is 9.71. The summed E-state index contributed by atoms with van der Waals surface area (Å²) in [6, 6.07) is 4.03. The molecule has 0 spiro atoms. The lowest BCUT2D eigenvalue weighted by molar-refractivity contribution is 0.0457. The summed E-state index contributed by atoms with van der Waals surface area (Å²) in [6.07, 6.45) is 5.47. The predicted molar refractivity (Wildman–Crippen MR) is 50.9 cm³/mol. The molecule has 0 saturated carbocycles. The zero-order chi connectivity index (χ0) is 9.54. The third kappa shape index (κ3) is 1.16. The number of rotatable bonds is 1. The summed E-state index contributed by atoms with van der Waals surface area (Å²) >= 11 is 0. The van der Waals surface area contributed by atoms with Gasteiger partial charge >= 0.3 is 0 Å². The van der Waals surface area contributed by atoms with E-state index in [0.29, 0.717) is 5.92 Å². The van der Waals surface area contributed by atoms with E-state index in [2.05, 4.69) is 4.98 Å². The van der Waals surface area contributed by atoms with Crippen molar-refractivity contribution in [3.8, 4) is 0 Å². The van der Waals surface area contributed by atoms with Crippen LogP contribution in [0, 0.1) is 0 Å². The fraction of sp³-hybridized carbons (Fsp3) is 0.545. The number of hydrogen-bond donors (Lipinski definition) is 1. The smallest absolute Gasteiger partial charge is 0.0907 e. The van der Waals surface area contributed by atoms with Gasteiger partial charge in [-0.3, -0.25) is 4.98 Å². The summed E-state index contributed by atoms with van der Waals surface area (Å²) in [5.41, 5.74) is 1.24. The number of hydrogen-bond acceptors (Lipinski definition) is 3. The van der Waals surface area contributed by atoms with Gasteiger partial charge in [0.25, 0.3) is 0 Å². The largest absolute Gasteiger partial charge is 0.390 e. The van der Waals surface area contributed by atoms with Gasteiger partial charge in [0.2, 0.25) is 0 Å². The molecule has 3 heteroatoms. The Morgan fingerprint density at radius 3 is 2.71 bits per heavy atom. The van der Waals surface area contributed by atoms with Crippen molar-refractivity contribution in [3.05, 3.63) is 30.1 Å². The second-order valence-electron chi connectivity index (χ2n) is 4.15. The van der Waals surface area contributed by atoms with Crippen LogP contribution in [0.1, 0.15) is 24.3 Å². The van der Waals surface area contributed by atoms with Crippen LogP contribution in [-0.2, 0) is 4.74 Å².